The summed E-state index contributed by atoms with van der Waals surface area (Å²) in [5.41, 5.74) is -1.76. The van der Waals surface area contributed by atoms with Crippen LogP contribution in [-0.2, 0) is 21.1 Å². The summed E-state index contributed by atoms with van der Waals surface area (Å²) in [5.74, 6) is -1.26. The van der Waals surface area contributed by atoms with Gasteiger partial charge in [0.05, 0.1) is 18.6 Å². The zero-order valence-electron chi connectivity index (χ0n) is 13.6. The van der Waals surface area contributed by atoms with E-state index in [-0.39, 0.29) is 29.9 Å². The summed E-state index contributed by atoms with van der Waals surface area (Å²) in [6.45, 7) is 0.802. The Balaban J connectivity index is 1.77. The molecule has 136 valence electrons. The van der Waals surface area contributed by atoms with Crippen LogP contribution in [0.25, 0.3) is 0 Å². The van der Waals surface area contributed by atoms with Gasteiger partial charge in [0.15, 0.2) is 11.6 Å². The van der Waals surface area contributed by atoms with Gasteiger partial charge in [-0.2, -0.15) is 13.2 Å². The number of ether oxygens (including phenoxy) is 2. The minimum Gasteiger partial charge on any atom is -0.347 e. The number of hydrogen-bond donors (Lipinski definition) is 0. The molecule has 0 atom stereocenters. The minimum atomic E-state index is -4.59. The van der Waals surface area contributed by atoms with Crippen LogP contribution in [-0.4, -0.2) is 34.8 Å². The van der Waals surface area contributed by atoms with Crippen LogP contribution in [0, 0.1) is 0 Å². The molecule has 2 aromatic rings. The second-order valence-corrected chi connectivity index (χ2v) is 6.51. The number of ketones is 1. The fourth-order valence-electron chi connectivity index (χ4n) is 3.69. The number of hydrogen-bond acceptors (Lipinski definition) is 5. The van der Waals surface area contributed by atoms with Gasteiger partial charge in [-0.25, -0.2) is 0 Å². The summed E-state index contributed by atoms with van der Waals surface area (Å²) in [5, 5.41) is 0. The van der Waals surface area contributed by atoms with Gasteiger partial charge in [0.1, 0.15) is 11.4 Å². The second kappa shape index (κ2) is 5.85. The van der Waals surface area contributed by atoms with E-state index in [1.165, 1.54) is 12.3 Å². The van der Waals surface area contributed by atoms with Crippen molar-refractivity contribution in [3.8, 4) is 0 Å². The highest BCUT2D eigenvalue weighted by Crippen LogP contribution is 2.56. The number of pyridine rings is 2. The summed E-state index contributed by atoms with van der Waals surface area (Å²) in [4.78, 5) is 20.6. The van der Waals surface area contributed by atoms with Crippen molar-refractivity contribution in [3.63, 3.8) is 0 Å². The van der Waals surface area contributed by atoms with Crippen molar-refractivity contribution in [3.05, 3.63) is 59.7 Å². The van der Waals surface area contributed by atoms with Crippen molar-refractivity contribution in [1.82, 2.24) is 9.97 Å². The average Bonchev–Trinajstić information content (AvgIpc) is 3.09. The van der Waals surface area contributed by atoms with E-state index in [1.54, 1.807) is 18.2 Å². The van der Waals surface area contributed by atoms with Crippen LogP contribution < -0.4 is 0 Å². The Bertz CT molecular complexity index is 825. The van der Waals surface area contributed by atoms with E-state index in [0.29, 0.717) is 13.2 Å². The molecule has 0 amide bonds. The second-order valence-electron chi connectivity index (χ2n) is 6.51. The number of carbonyl (C=O) groups is 1. The predicted octanol–water partition coefficient (Wildman–Crippen LogP) is 3.15. The quantitative estimate of drug-likeness (QED) is 0.783. The largest absolute Gasteiger partial charge is 0.433 e. The Labute approximate surface area is 147 Å². The van der Waals surface area contributed by atoms with Gasteiger partial charge < -0.3 is 9.47 Å². The molecule has 3 heterocycles. The zero-order valence-corrected chi connectivity index (χ0v) is 13.6. The minimum absolute atomic E-state index is 0.150. The first-order chi connectivity index (χ1) is 12.3. The topological polar surface area (TPSA) is 61.3 Å². The summed E-state index contributed by atoms with van der Waals surface area (Å²) < 4.78 is 50.5. The van der Waals surface area contributed by atoms with Crippen molar-refractivity contribution < 1.29 is 27.4 Å². The number of Topliss-reactive ketones (excluding diaryl/α,β-unsaturated/α-hetero) is 1. The van der Waals surface area contributed by atoms with Crippen LogP contribution in [0.15, 0.2) is 42.7 Å². The Morgan fingerprint density at radius 1 is 1.04 bits per heavy atom. The summed E-state index contributed by atoms with van der Waals surface area (Å²) in [6, 6.07) is 7.26. The normalized spacial score (nSPS) is 20.7. The number of aromatic nitrogens is 2. The molecule has 1 aliphatic carbocycles. The fraction of sp³-hybridized carbons (Fsp3) is 0.389. The molecule has 0 radical (unpaired) electrons. The van der Waals surface area contributed by atoms with E-state index in [9.17, 15) is 18.0 Å². The summed E-state index contributed by atoms with van der Waals surface area (Å²) >= 11 is 0. The average molecular weight is 364 g/mol. The number of carbonyl (C=O) groups excluding carboxylic acids is 1. The highest BCUT2D eigenvalue weighted by Gasteiger charge is 2.63. The maximum Gasteiger partial charge on any atom is 0.433 e. The third-order valence-corrected chi connectivity index (χ3v) is 4.89. The Morgan fingerprint density at radius 2 is 1.77 bits per heavy atom. The molecule has 8 heteroatoms. The molecule has 2 aromatic heterocycles. The van der Waals surface area contributed by atoms with Gasteiger partial charge in [-0.15, -0.1) is 0 Å². The van der Waals surface area contributed by atoms with Crippen LogP contribution in [0.1, 0.15) is 34.6 Å². The van der Waals surface area contributed by atoms with Crippen molar-refractivity contribution in [2.75, 3.05) is 13.2 Å². The molecule has 1 saturated heterocycles. The van der Waals surface area contributed by atoms with Gasteiger partial charge in [0.25, 0.3) is 0 Å². The molecule has 1 spiro atoms. The molecule has 1 saturated carbocycles. The molecule has 0 bridgehead atoms. The SMILES string of the molecule is O=C(c1ccccn1)C1(c2ccnc(C(F)(F)F)c2)CC2(C1)OCCO2. The molecule has 26 heavy (non-hydrogen) atoms. The standard InChI is InChI=1S/C18H15F3N2O3/c19-18(20,21)14-9-12(4-6-23-14)16(10-17(11-16)25-7-8-26-17)15(24)13-3-1-2-5-22-13/h1-6,9H,7-8,10-11H2. The first-order valence-corrected chi connectivity index (χ1v) is 8.12. The molecule has 1 aliphatic heterocycles. The van der Waals surface area contributed by atoms with E-state index in [1.807, 2.05) is 0 Å². The molecular weight excluding hydrogens is 349 g/mol. The fourth-order valence-corrected chi connectivity index (χ4v) is 3.69. The van der Waals surface area contributed by atoms with Crippen LogP contribution in [0.4, 0.5) is 13.2 Å². The highest BCUT2D eigenvalue weighted by atomic mass is 19.4. The number of halogens is 3. The monoisotopic (exact) mass is 364 g/mol. The van der Waals surface area contributed by atoms with Crippen LogP contribution >= 0.6 is 0 Å². The third-order valence-electron chi connectivity index (χ3n) is 4.89. The molecular formula is C18H15F3N2O3. The van der Waals surface area contributed by atoms with E-state index < -0.39 is 23.1 Å². The number of alkyl halides is 3. The summed E-state index contributed by atoms with van der Waals surface area (Å²) in [6.07, 6.45) is -1.74. The number of rotatable bonds is 3. The Morgan fingerprint density at radius 3 is 2.38 bits per heavy atom. The van der Waals surface area contributed by atoms with Gasteiger partial charge >= 0.3 is 6.18 Å². The molecule has 0 unspecified atom stereocenters. The molecule has 5 nitrogen and oxygen atoms in total. The maximum atomic E-state index is 13.2. The van der Waals surface area contributed by atoms with E-state index in [2.05, 4.69) is 9.97 Å². The lowest BCUT2D eigenvalue weighted by atomic mass is 9.57. The lowest BCUT2D eigenvalue weighted by molar-refractivity contribution is -0.230. The Hall–Kier alpha value is -2.32. The Kier molecular flexibility index (Phi) is 3.85. The van der Waals surface area contributed by atoms with Crippen molar-refractivity contribution in [2.45, 2.75) is 30.2 Å². The van der Waals surface area contributed by atoms with Crippen LogP contribution in [0.5, 0.6) is 0 Å². The van der Waals surface area contributed by atoms with Gasteiger partial charge in [0, 0.05) is 25.2 Å². The van der Waals surface area contributed by atoms with Crippen molar-refractivity contribution in [2.24, 2.45) is 0 Å². The smallest absolute Gasteiger partial charge is 0.347 e. The summed E-state index contributed by atoms with van der Waals surface area (Å²) in [7, 11) is 0. The van der Waals surface area contributed by atoms with Gasteiger partial charge in [-0.1, -0.05) is 6.07 Å². The van der Waals surface area contributed by atoms with Gasteiger partial charge in [-0.3, -0.25) is 14.8 Å². The van der Waals surface area contributed by atoms with Gasteiger partial charge in [-0.05, 0) is 29.8 Å². The molecule has 4 rings (SSSR count). The van der Waals surface area contributed by atoms with E-state index >= 15 is 0 Å². The van der Waals surface area contributed by atoms with E-state index in [0.717, 1.165) is 12.3 Å². The van der Waals surface area contributed by atoms with E-state index in [4.69, 9.17) is 9.47 Å². The molecule has 2 fully saturated rings. The lowest BCUT2D eigenvalue weighted by Gasteiger charge is -2.51. The van der Waals surface area contributed by atoms with Crippen molar-refractivity contribution >= 4 is 5.78 Å². The highest BCUT2D eigenvalue weighted by molar-refractivity contribution is 6.03. The first kappa shape index (κ1) is 17.1. The lowest BCUT2D eigenvalue weighted by Crippen LogP contribution is -2.59. The third kappa shape index (κ3) is 2.69. The van der Waals surface area contributed by atoms with Gasteiger partial charge in [0.2, 0.25) is 0 Å². The molecule has 2 aliphatic rings. The zero-order chi connectivity index (χ0) is 18.4. The van der Waals surface area contributed by atoms with Crippen LogP contribution in [0.2, 0.25) is 0 Å². The number of nitrogens with zero attached hydrogens (tertiary/aromatic N) is 2. The predicted molar refractivity (Wildman–Crippen MR) is 83.4 cm³/mol. The first-order valence-electron chi connectivity index (χ1n) is 8.12. The van der Waals surface area contributed by atoms with Crippen LogP contribution in [0.3, 0.4) is 0 Å². The van der Waals surface area contributed by atoms with Crippen molar-refractivity contribution in [1.29, 1.82) is 0 Å². The molecule has 0 N–H and O–H groups in total. The molecule has 0 aromatic carbocycles. The maximum absolute atomic E-state index is 13.2.